The van der Waals surface area contributed by atoms with E-state index in [0.29, 0.717) is 16.9 Å². The third kappa shape index (κ3) is 3.39. The molecule has 0 aliphatic rings. The molecule has 4 rings (SSSR count). The molecule has 4 aromatic rings. The number of benzene rings is 1. The third-order valence-electron chi connectivity index (χ3n) is 5.31. The first-order valence-corrected chi connectivity index (χ1v) is 9.92. The molecule has 3 heterocycles. The van der Waals surface area contributed by atoms with Crippen molar-refractivity contribution in [2.45, 2.75) is 20.0 Å². The van der Waals surface area contributed by atoms with Gasteiger partial charge in [-0.2, -0.15) is 4.98 Å². The van der Waals surface area contributed by atoms with Crippen molar-refractivity contribution in [2.24, 2.45) is 7.05 Å². The highest BCUT2D eigenvalue weighted by atomic mass is 16.2. The van der Waals surface area contributed by atoms with Crippen molar-refractivity contribution >= 4 is 23.0 Å². The number of hydrogen-bond donors (Lipinski definition) is 0. The van der Waals surface area contributed by atoms with Crippen LogP contribution in [0.3, 0.4) is 0 Å². The van der Waals surface area contributed by atoms with Gasteiger partial charge in [-0.25, -0.2) is 4.79 Å². The maximum atomic E-state index is 13.2. The molecule has 0 amide bonds. The zero-order chi connectivity index (χ0) is 21.4. The van der Waals surface area contributed by atoms with E-state index >= 15 is 0 Å². The van der Waals surface area contributed by atoms with E-state index in [2.05, 4.69) is 14.5 Å². The van der Waals surface area contributed by atoms with Gasteiger partial charge in [0.2, 0.25) is 5.78 Å². The van der Waals surface area contributed by atoms with Crippen LogP contribution in [0.25, 0.3) is 23.0 Å². The zero-order valence-electron chi connectivity index (χ0n) is 17.7. The van der Waals surface area contributed by atoms with Gasteiger partial charge in [-0.05, 0) is 26.6 Å². The minimum Gasteiger partial charge on any atom is -0.313 e. The fourth-order valence-corrected chi connectivity index (χ4v) is 3.65. The van der Waals surface area contributed by atoms with Crippen molar-refractivity contribution < 1.29 is 0 Å². The Morgan fingerprint density at radius 1 is 1.10 bits per heavy atom. The van der Waals surface area contributed by atoms with Gasteiger partial charge in [0, 0.05) is 38.6 Å². The molecule has 0 saturated carbocycles. The first-order valence-electron chi connectivity index (χ1n) is 9.92. The van der Waals surface area contributed by atoms with Crippen molar-refractivity contribution in [2.75, 3.05) is 20.6 Å². The molecule has 0 unspecified atom stereocenters. The minimum absolute atomic E-state index is 0.198. The molecule has 0 N–H and O–H groups in total. The summed E-state index contributed by atoms with van der Waals surface area (Å²) in [6, 6.07) is 9.79. The lowest BCUT2D eigenvalue weighted by molar-refractivity contribution is 0.384. The average Bonchev–Trinajstić information content (AvgIpc) is 3.23. The van der Waals surface area contributed by atoms with E-state index in [-0.39, 0.29) is 17.8 Å². The third-order valence-corrected chi connectivity index (χ3v) is 5.31. The fourth-order valence-electron chi connectivity index (χ4n) is 3.65. The van der Waals surface area contributed by atoms with Gasteiger partial charge >= 0.3 is 5.69 Å². The first kappa shape index (κ1) is 19.9. The molecular weight excluding hydrogens is 380 g/mol. The van der Waals surface area contributed by atoms with Crippen molar-refractivity contribution in [3.05, 3.63) is 74.7 Å². The van der Waals surface area contributed by atoms with Crippen molar-refractivity contribution in [3.8, 4) is 0 Å². The minimum atomic E-state index is -0.373. The van der Waals surface area contributed by atoms with Gasteiger partial charge in [0.15, 0.2) is 11.2 Å². The van der Waals surface area contributed by atoms with Crippen LogP contribution >= 0.6 is 0 Å². The quantitative estimate of drug-likeness (QED) is 0.489. The molecule has 8 nitrogen and oxygen atoms in total. The topological polar surface area (TPSA) is 69.5 Å². The summed E-state index contributed by atoms with van der Waals surface area (Å²) in [5.41, 5.74) is 2.16. The van der Waals surface area contributed by atoms with Crippen LogP contribution in [0.15, 0.2) is 52.2 Å². The number of aryl methyl sites for hydroxylation is 2. The van der Waals surface area contributed by atoms with Crippen LogP contribution in [0.5, 0.6) is 0 Å². The molecule has 0 fully saturated rings. The molecule has 0 spiro atoms. The smallest absolute Gasteiger partial charge is 0.313 e. The molecule has 0 saturated heterocycles. The number of imidazole rings is 2. The molecule has 8 heteroatoms. The van der Waals surface area contributed by atoms with E-state index in [0.717, 1.165) is 24.3 Å². The summed E-state index contributed by atoms with van der Waals surface area (Å²) >= 11 is 0. The van der Waals surface area contributed by atoms with Crippen LogP contribution in [-0.2, 0) is 20.1 Å². The van der Waals surface area contributed by atoms with Gasteiger partial charge in [0.25, 0.3) is 5.56 Å². The van der Waals surface area contributed by atoms with Gasteiger partial charge < -0.3 is 9.47 Å². The second kappa shape index (κ2) is 7.79. The Balaban J connectivity index is 1.82. The molecule has 30 heavy (non-hydrogen) atoms. The summed E-state index contributed by atoms with van der Waals surface area (Å²) in [7, 11) is 5.69. The monoisotopic (exact) mass is 406 g/mol. The summed E-state index contributed by atoms with van der Waals surface area (Å²) in [6.45, 7) is 3.80. The van der Waals surface area contributed by atoms with Crippen LogP contribution in [0, 0.1) is 6.92 Å². The van der Waals surface area contributed by atoms with Crippen molar-refractivity contribution in [1.29, 1.82) is 0 Å². The molecule has 0 bridgehead atoms. The van der Waals surface area contributed by atoms with E-state index in [1.165, 1.54) is 9.13 Å². The summed E-state index contributed by atoms with van der Waals surface area (Å²) < 4.78 is 6.58. The van der Waals surface area contributed by atoms with E-state index in [1.807, 2.05) is 69.7 Å². The lowest BCUT2D eigenvalue weighted by Crippen LogP contribution is -2.39. The SMILES string of the molecule is Cc1cn2c3c(=O)n(C/C=C/c4ccccc4)c(=O)n(C)c3nc2n1CCN(C)C. The largest absolute Gasteiger partial charge is 0.332 e. The maximum absolute atomic E-state index is 13.2. The van der Waals surface area contributed by atoms with Gasteiger partial charge in [0.05, 0.1) is 0 Å². The molecule has 0 aliphatic carbocycles. The van der Waals surface area contributed by atoms with Crippen LogP contribution in [0.4, 0.5) is 0 Å². The van der Waals surface area contributed by atoms with Crippen LogP contribution in [0.1, 0.15) is 11.3 Å². The number of fused-ring (bicyclic) bond motifs is 3. The van der Waals surface area contributed by atoms with Gasteiger partial charge in [0.1, 0.15) is 0 Å². The Morgan fingerprint density at radius 3 is 2.53 bits per heavy atom. The average molecular weight is 406 g/mol. The fraction of sp³-hybridized carbons (Fsp3) is 0.318. The van der Waals surface area contributed by atoms with Crippen LogP contribution in [0.2, 0.25) is 0 Å². The van der Waals surface area contributed by atoms with Gasteiger partial charge in [-0.1, -0.05) is 42.5 Å². The standard InChI is InChI=1S/C22H26N6O2/c1-16-15-28-18-19(23-21(28)26(16)14-13-24(2)3)25(4)22(30)27(20(18)29)12-8-11-17-9-6-5-7-10-17/h5-11,15H,12-14H2,1-4H3/b11-8+. The highest BCUT2D eigenvalue weighted by molar-refractivity contribution is 5.75. The number of allylic oxidation sites excluding steroid dienone is 1. The van der Waals surface area contributed by atoms with Gasteiger partial charge in [-0.3, -0.25) is 18.3 Å². The Morgan fingerprint density at radius 2 is 1.83 bits per heavy atom. The Labute approximate surface area is 173 Å². The number of rotatable bonds is 6. The second-order valence-electron chi connectivity index (χ2n) is 7.75. The highest BCUT2D eigenvalue weighted by Gasteiger charge is 2.19. The van der Waals surface area contributed by atoms with Crippen molar-refractivity contribution in [3.63, 3.8) is 0 Å². The molecule has 0 radical (unpaired) electrons. The molecular formula is C22H26N6O2. The summed E-state index contributed by atoms with van der Waals surface area (Å²) in [6.07, 6.45) is 5.65. The second-order valence-corrected chi connectivity index (χ2v) is 7.75. The summed E-state index contributed by atoms with van der Waals surface area (Å²) in [5, 5.41) is 0. The van der Waals surface area contributed by atoms with Crippen LogP contribution < -0.4 is 11.2 Å². The van der Waals surface area contributed by atoms with Crippen molar-refractivity contribution in [1.82, 2.24) is 28.0 Å². The number of aromatic nitrogens is 5. The van der Waals surface area contributed by atoms with E-state index in [9.17, 15) is 9.59 Å². The maximum Gasteiger partial charge on any atom is 0.332 e. The Kier molecular flexibility index (Phi) is 5.17. The Bertz CT molecular complexity index is 1350. The Hall–Kier alpha value is -3.39. The zero-order valence-corrected chi connectivity index (χ0v) is 17.7. The number of hydrogen-bond acceptors (Lipinski definition) is 4. The van der Waals surface area contributed by atoms with Crippen LogP contribution in [-0.4, -0.2) is 48.6 Å². The lowest BCUT2D eigenvalue weighted by atomic mass is 10.2. The number of likely N-dealkylation sites (N-methyl/N-ethyl adjacent to an activating group) is 1. The van der Waals surface area contributed by atoms with E-state index in [4.69, 9.17) is 0 Å². The van der Waals surface area contributed by atoms with E-state index in [1.54, 1.807) is 11.4 Å². The molecule has 0 atom stereocenters. The number of nitrogens with zero attached hydrogens (tertiary/aromatic N) is 6. The molecule has 0 aliphatic heterocycles. The first-order chi connectivity index (χ1) is 14.4. The van der Waals surface area contributed by atoms with Gasteiger partial charge in [-0.15, -0.1) is 0 Å². The normalized spacial score (nSPS) is 12.2. The molecule has 156 valence electrons. The summed E-state index contributed by atoms with van der Waals surface area (Å²) in [5.74, 6) is 0.675. The molecule has 3 aromatic heterocycles. The summed E-state index contributed by atoms with van der Waals surface area (Å²) in [4.78, 5) is 32.8. The highest BCUT2D eigenvalue weighted by Crippen LogP contribution is 2.16. The predicted octanol–water partition coefficient (Wildman–Crippen LogP) is 1.73. The lowest BCUT2D eigenvalue weighted by Gasteiger charge is -2.11. The van der Waals surface area contributed by atoms with E-state index < -0.39 is 0 Å². The molecule has 1 aromatic carbocycles. The predicted molar refractivity (Wildman–Crippen MR) is 119 cm³/mol.